The lowest BCUT2D eigenvalue weighted by atomic mass is 9.94. The fraction of sp³-hybridized carbons (Fsp3) is 0.462. The lowest BCUT2D eigenvalue weighted by molar-refractivity contribution is 0.0910. The zero-order valence-corrected chi connectivity index (χ0v) is 10.2. The summed E-state index contributed by atoms with van der Waals surface area (Å²) in [6.45, 7) is 3.61. The summed E-state index contributed by atoms with van der Waals surface area (Å²) < 4.78 is 26.4. The predicted molar refractivity (Wildman–Crippen MR) is 64.3 cm³/mol. The number of rotatable bonds is 2. The van der Waals surface area contributed by atoms with Gasteiger partial charge in [-0.25, -0.2) is 8.78 Å². The molecule has 2 atom stereocenters. The summed E-state index contributed by atoms with van der Waals surface area (Å²) in [5.74, 6) is -1.55. The van der Waals surface area contributed by atoms with Crippen LogP contribution in [-0.4, -0.2) is 25.0 Å². The van der Waals surface area contributed by atoms with E-state index in [2.05, 4.69) is 10.6 Å². The third-order valence-electron chi connectivity index (χ3n) is 3.32. The van der Waals surface area contributed by atoms with Crippen LogP contribution in [0.25, 0.3) is 0 Å². The van der Waals surface area contributed by atoms with Gasteiger partial charge in [0, 0.05) is 12.6 Å². The topological polar surface area (TPSA) is 41.1 Å². The molecule has 5 heteroatoms. The molecule has 0 bridgehead atoms. The average Bonchev–Trinajstić information content (AvgIpc) is 2.35. The van der Waals surface area contributed by atoms with E-state index in [1.165, 1.54) is 0 Å². The molecule has 98 valence electrons. The van der Waals surface area contributed by atoms with Gasteiger partial charge in [0.15, 0.2) is 0 Å². The summed E-state index contributed by atoms with van der Waals surface area (Å²) in [5, 5.41) is 5.91. The largest absolute Gasteiger partial charge is 0.348 e. The Labute approximate surface area is 105 Å². The maximum Gasteiger partial charge on any atom is 0.254 e. The maximum absolute atomic E-state index is 13.4. The van der Waals surface area contributed by atoms with Crippen LogP contribution in [0.4, 0.5) is 8.78 Å². The minimum atomic E-state index is -0.703. The van der Waals surface area contributed by atoms with Gasteiger partial charge in [-0.15, -0.1) is 0 Å². The van der Waals surface area contributed by atoms with Crippen LogP contribution >= 0.6 is 0 Å². The lowest BCUT2D eigenvalue weighted by Crippen LogP contribution is -2.50. The predicted octanol–water partition coefficient (Wildman–Crippen LogP) is 1.69. The van der Waals surface area contributed by atoms with Crippen LogP contribution in [0, 0.1) is 17.6 Å². The number of benzene rings is 1. The Balaban J connectivity index is 2.09. The van der Waals surface area contributed by atoms with Gasteiger partial charge >= 0.3 is 0 Å². The number of carbonyl (C=O) groups excluding carboxylic acids is 1. The fourth-order valence-electron chi connectivity index (χ4n) is 2.10. The normalized spacial score (nSPS) is 23.7. The van der Waals surface area contributed by atoms with Crippen molar-refractivity contribution in [1.82, 2.24) is 10.6 Å². The van der Waals surface area contributed by atoms with Crippen LogP contribution in [0.2, 0.25) is 0 Å². The Morgan fingerprint density at radius 3 is 2.94 bits per heavy atom. The van der Waals surface area contributed by atoms with Crippen molar-refractivity contribution in [3.05, 3.63) is 35.4 Å². The Hall–Kier alpha value is -1.49. The van der Waals surface area contributed by atoms with Crippen molar-refractivity contribution in [2.75, 3.05) is 13.1 Å². The molecular formula is C13H16F2N2O. The van der Waals surface area contributed by atoms with E-state index in [-0.39, 0.29) is 11.6 Å². The molecule has 18 heavy (non-hydrogen) atoms. The molecule has 0 aromatic heterocycles. The first kappa shape index (κ1) is 13.0. The van der Waals surface area contributed by atoms with Crippen molar-refractivity contribution in [3.63, 3.8) is 0 Å². The molecule has 0 radical (unpaired) electrons. The minimum Gasteiger partial charge on any atom is -0.348 e. The van der Waals surface area contributed by atoms with Gasteiger partial charge < -0.3 is 10.6 Å². The van der Waals surface area contributed by atoms with Gasteiger partial charge in [-0.1, -0.05) is 6.92 Å². The van der Waals surface area contributed by atoms with Crippen LogP contribution in [0.1, 0.15) is 23.7 Å². The average molecular weight is 254 g/mol. The van der Waals surface area contributed by atoms with Gasteiger partial charge in [0.1, 0.15) is 11.6 Å². The Bertz CT molecular complexity index is 451. The van der Waals surface area contributed by atoms with E-state index in [1.807, 2.05) is 6.92 Å². The number of nitrogens with one attached hydrogen (secondary N) is 2. The van der Waals surface area contributed by atoms with Gasteiger partial charge in [-0.2, -0.15) is 0 Å². The number of hydrogen-bond donors (Lipinski definition) is 2. The highest BCUT2D eigenvalue weighted by molar-refractivity contribution is 5.94. The molecule has 2 N–H and O–H groups in total. The van der Waals surface area contributed by atoms with Crippen LogP contribution in [0.3, 0.4) is 0 Å². The summed E-state index contributed by atoms with van der Waals surface area (Å²) in [6, 6.07) is 2.84. The second kappa shape index (κ2) is 5.44. The highest BCUT2D eigenvalue weighted by Gasteiger charge is 2.24. The molecular weight excluding hydrogens is 238 g/mol. The molecule has 2 rings (SSSR count). The van der Waals surface area contributed by atoms with Crippen LogP contribution in [-0.2, 0) is 0 Å². The maximum atomic E-state index is 13.4. The van der Waals surface area contributed by atoms with E-state index < -0.39 is 17.5 Å². The van der Waals surface area contributed by atoms with Gasteiger partial charge in [-0.3, -0.25) is 4.79 Å². The Morgan fingerprint density at radius 1 is 1.44 bits per heavy atom. The zero-order valence-electron chi connectivity index (χ0n) is 10.2. The molecule has 0 spiro atoms. The molecule has 1 amide bonds. The smallest absolute Gasteiger partial charge is 0.254 e. The summed E-state index contributed by atoms with van der Waals surface area (Å²) in [4.78, 5) is 11.9. The minimum absolute atomic E-state index is 0.0473. The molecule has 1 aromatic rings. The van der Waals surface area contributed by atoms with Gasteiger partial charge in [-0.05, 0) is 37.1 Å². The van der Waals surface area contributed by atoms with E-state index >= 15 is 0 Å². The van der Waals surface area contributed by atoms with Crippen LogP contribution in [0.5, 0.6) is 0 Å². The van der Waals surface area contributed by atoms with Crippen LogP contribution in [0.15, 0.2) is 18.2 Å². The molecule has 1 aliphatic rings. The summed E-state index contributed by atoms with van der Waals surface area (Å²) in [5.41, 5.74) is -0.243. The van der Waals surface area contributed by atoms with E-state index in [1.54, 1.807) is 0 Å². The Kier molecular flexibility index (Phi) is 3.91. The summed E-state index contributed by atoms with van der Waals surface area (Å²) >= 11 is 0. The van der Waals surface area contributed by atoms with Gasteiger partial charge in [0.2, 0.25) is 0 Å². The third-order valence-corrected chi connectivity index (χ3v) is 3.32. The number of hydrogen-bond acceptors (Lipinski definition) is 2. The first-order chi connectivity index (χ1) is 8.58. The molecule has 1 aromatic carbocycles. The van der Waals surface area contributed by atoms with Crippen molar-refractivity contribution in [3.8, 4) is 0 Å². The number of piperidine rings is 1. The highest BCUT2D eigenvalue weighted by Crippen LogP contribution is 2.14. The summed E-state index contributed by atoms with van der Waals surface area (Å²) in [7, 11) is 0. The first-order valence-electron chi connectivity index (χ1n) is 6.04. The molecule has 1 heterocycles. The lowest BCUT2D eigenvalue weighted by Gasteiger charge is -2.30. The van der Waals surface area contributed by atoms with Gasteiger partial charge in [0.05, 0.1) is 5.56 Å². The summed E-state index contributed by atoms with van der Waals surface area (Å²) in [6.07, 6.45) is 0.955. The molecule has 1 saturated heterocycles. The van der Waals surface area contributed by atoms with E-state index in [4.69, 9.17) is 0 Å². The van der Waals surface area contributed by atoms with Crippen molar-refractivity contribution in [2.45, 2.75) is 19.4 Å². The highest BCUT2D eigenvalue weighted by atomic mass is 19.1. The monoisotopic (exact) mass is 254 g/mol. The van der Waals surface area contributed by atoms with Crippen molar-refractivity contribution in [1.29, 1.82) is 0 Å². The first-order valence-corrected chi connectivity index (χ1v) is 6.04. The van der Waals surface area contributed by atoms with Crippen LogP contribution < -0.4 is 10.6 Å². The van der Waals surface area contributed by atoms with E-state index in [0.717, 1.165) is 31.2 Å². The molecule has 0 aliphatic carbocycles. The van der Waals surface area contributed by atoms with E-state index in [9.17, 15) is 13.6 Å². The molecule has 0 saturated carbocycles. The number of carbonyl (C=O) groups is 1. The number of amides is 1. The zero-order chi connectivity index (χ0) is 13.1. The SMILES string of the molecule is C[C@H]1CCNC[C@H]1NC(=O)c1cc(F)ccc1F. The standard InChI is InChI=1S/C13H16F2N2O/c1-8-4-5-16-7-12(8)17-13(18)10-6-9(14)2-3-11(10)15/h2-3,6,8,12,16H,4-5,7H2,1H3,(H,17,18)/t8-,12+/m0/s1. The second-order valence-corrected chi connectivity index (χ2v) is 4.67. The Morgan fingerprint density at radius 2 is 2.22 bits per heavy atom. The quantitative estimate of drug-likeness (QED) is 0.843. The van der Waals surface area contributed by atoms with Gasteiger partial charge in [0.25, 0.3) is 5.91 Å². The second-order valence-electron chi connectivity index (χ2n) is 4.67. The molecule has 1 aliphatic heterocycles. The molecule has 0 unspecified atom stereocenters. The fourth-order valence-corrected chi connectivity index (χ4v) is 2.10. The van der Waals surface area contributed by atoms with Crippen molar-refractivity contribution >= 4 is 5.91 Å². The third kappa shape index (κ3) is 2.85. The van der Waals surface area contributed by atoms with Crippen molar-refractivity contribution in [2.24, 2.45) is 5.92 Å². The van der Waals surface area contributed by atoms with Crippen molar-refractivity contribution < 1.29 is 13.6 Å². The number of halogens is 2. The molecule has 3 nitrogen and oxygen atoms in total. The molecule has 1 fully saturated rings. The van der Waals surface area contributed by atoms with E-state index in [0.29, 0.717) is 12.5 Å².